The molecule has 2 N–H and O–H groups in total. The summed E-state index contributed by atoms with van der Waals surface area (Å²) in [4.78, 5) is 20.4. The second-order valence-electron chi connectivity index (χ2n) is 6.29. The van der Waals surface area contributed by atoms with Crippen molar-refractivity contribution in [1.29, 1.82) is 0 Å². The second kappa shape index (κ2) is 7.91. The van der Waals surface area contributed by atoms with Gasteiger partial charge in [0.2, 0.25) is 0 Å². The maximum Gasteiger partial charge on any atom is 0.198 e. The van der Waals surface area contributed by atoms with Crippen LogP contribution in [0.1, 0.15) is 40.4 Å². The summed E-state index contributed by atoms with van der Waals surface area (Å²) in [6.45, 7) is 5.77. The molecule has 1 aromatic carbocycles. The van der Waals surface area contributed by atoms with Crippen LogP contribution < -0.4 is 5.32 Å². The molecule has 2 aromatic heterocycles. The molecule has 6 heteroatoms. The number of aromatic nitrogens is 2. The minimum Gasteiger partial charge on any atom is -0.374 e. The fourth-order valence-corrected chi connectivity index (χ4v) is 3.55. The number of benzene rings is 1. The number of hydrogen-bond donors (Lipinski definition) is 2. The first-order valence-electron chi connectivity index (χ1n) is 8.62. The van der Waals surface area contributed by atoms with E-state index < -0.39 is 5.82 Å². The Bertz CT molecular complexity index is 952. The van der Waals surface area contributed by atoms with Crippen LogP contribution in [-0.4, -0.2) is 27.4 Å². The van der Waals surface area contributed by atoms with E-state index in [0.717, 1.165) is 17.7 Å². The predicted molar refractivity (Wildman–Crippen MR) is 107 cm³/mol. The molecule has 3 rings (SSSR count). The van der Waals surface area contributed by atoms with Crippen molar-refractivity contribution in [3.8, 4) is 0 Å². The number of pyridine rings is 1. The van der Waals surface area contributed by atoms with Gasteiger partial charge in [-0.1, -0.05) is 13.0 Å². The number of aryl methyl sites for hydroxylation is 2. The van der Waals surface area contributed by atoms with E-state index in [4.69, 9.17) is 0 Å². The predicted octanol–water partition coefficient (Wildman–Crippen LogP) is 5.06. The lowest BCUT2D eigenvalue weighted by molar-refractivity contribution is 0.103. The minimum absolute atomic E-state index is 0.109. The molecule has 0 saturated carbocycles. The molecular weight excluding hydrogens is 349 g/mol. The molecule has 4 nitrogen and oxygen atoms in total. The highest BCUT2D eigenvalue weighted by atomic mass is 32.2. The van der Waals surface area contributed by atoms with Crippen LogP contribution in [0.2, 0.25) is 0 Å². The molecule has 0 atom stereocenters. The van der Waals surface area contributed by atoms with Gasteiger partial charge in [-0.3, -0.25) is 4.79 Å². The number of anilines is 1. The largest absolute Gasteiger partial charge is 0.374 e. The molecule has 0 fully saturated rings. The van der Waals surface area contributed by atoms with Gasteiger partial charge in [0.15, 0.2) is 11.6 Å². The zero-order valence-electron chi connectivity index (χ0n) is 15.1. The van der Waals surface area contributed by atoms with E-state index in [-0.39, 0.29) is 11.3 Å². The van der Waals surface area contributed by atoms with Gasteiger partial charge in [0.1, 0.15) is 5.65 Å². The zero-order chi connectivity index (χ0) is 18.7. The van der Waals surface area contributed by atoms with E-state index in [1.54, 1.807) is 43.2 Å². The summed E-state index contributed by atoms with van der Waals surface area (Å²) >= 11 is 1.70. The van der Waals surface area contributed by atoms with E-state index in [0.29, 0.717) is 33.7 Å². The van der Waals surface area contributed by atoms with Gasteiger partial charge in [-0.05, 0) is 49.3 Å². The standard InChI is InChI=1S/C20H22FN3OS/c1-4-7-26-11-24-16-6-5-13(3)17(18(16)21)19(25)15-10-23-20-14(15)8-12(2)9-22-20/h5-6,8-10,24H,4,7,11H2,1-3H3,(H,22,23). The van der Waals surface area contributed by atoms with Crippen LogP contribution >= 0.6 is 11.8 Å². The molecule has 0 unspecified atom stereocenters. The van der Waals surface area contributed by atoms with Gasteiger partial charge in [0.05, 0.1) is 17.1 Å². The van der Waals surface area contributed by atoms with Crippen molar-refractivity contribution in [3.05, 3.63) is 58.7 Å². The molecule has 0 aliphatic heterocycles. The Morgan fingerprint density at radius 2 is 2.15 bits per heavy atom. The monoisotopic (exact) mass is 371 g/mol. The third-order valence-corrected chi connectivity index (χ3v) is 5.25. The summed E-state index contributed by atoms with van der Waals surface area (Å²) in [6, 6.07) is 5.36. The van der Waals surface area contributed by atoms with Crippen LogP contribution in [0.5, 0.6) is 0 Å². The summed E-state index contributed by atoms with van der Waals surface area (Å²) in [5, 5.41) is 3.79. The number of H-pyrrole nitrogens is 1. The van der Waals surface area contributed by atoms with Gasteiger partial charge in [-0.2, -0.15) is 0 Å². The smallest absolute Gasteiger partial charge is 0.198 e. The fraction of sp³-hybridized carbons (Fsp3) is 0.300. The number of nitrogens with one attached hydrogen (secondary N) is 2. The molecule has 0 aliphatic rings. The van der Waals surface area contributed by atoms with Crippen molar-refractivity contribution < 1.29 is 9.18 Å². The molecule has 0 spiro atoms. The summed E-state index contributed by atoms with van der Waals surface area (Å²) in [5.41, 5.74) is 3.11. The highest BCUT2D eigenvalue weighted by Crippen LogP contribution is 2.27. The van der Waals surface area contributed by atoms with Crippen LogP contribution in [0.15, 0.2) is 30.6 Å². The van der Waals surface area contributed by atoms with Crippen LogP contribution in [0, 0.1) is 19.7 Å². The van der Waals surface area contributed by atoms with Crippen LogP contribution in [0.3, 0.4) is 0 Å². The molecule has 26 heavy (non-hydrogen) atoms. The highest BCUT2D eigenvalue weighted by molar-refractivity contribution is 7.99. The van der Waals surface area contributed by atoms with Crippen molar-refractivity contribution in [2.45, 2.75) is 27.2 Å². The van der Waals surface area contributed by atoms with Crippen molar-refractivity contribution in [2.24, 2.45) is 0 Å². The van der Waals surface area contributed by atoms with Crippen molar-refractivity contribution in [1.82, 2.24) is 9.97 Å². The average Bonchev–Trinajstić information content (AvgIpc) is 3.03. The summed E-state index contributed by atoms with van der Waals surface area (Å²) < 4.78 is 15.0. The number of carbonyl (C=O) groups is 1. The molecule has 0 radical (unpaired) electrons. The lowest BCUT2D eigenvalue weighted by atomic mass is 9.97. The molecule has 136 valence electrons. The molecular formula is C20H22FN3OS. The number of halogens is 1. The lowest BCUT2D eigenvalue weighted by Gasteiger charge is -2.12. The number of fused-ring (bicyclic) bond motifs is 1. The average molecular weight is 371 g/mol. The Kier molecular flexibility index (Phi) is 5.61. The van der Waals surface area contributed by atoms with Gasteiger partial charge in [-0.25, -0.2) is 9.37 Å². The number of aromatic amines is 1. The second-order valence-corrected chi connectivity index (χ2v) is 7.39. The Morgan fingerprint density at radius 1 is 1.35 bits per heavy atom. The maximum absolute atomic E-state index is 15.0. The molecule has 0 amide bonds. The number of hydrogen-bond acceptors (Lipinski definition) is 4. The van der Waals surface area contributed by atoms with Crippen LogP contribution in [0.4, 0.5) is 10.1 Å². The van der Waals surface area contributed by atoms with Gasteiger partial charge >= 0.3 is 0 Å². The highest BCUT2D eigenvalue weighted by Gasteiger charge is 2.22. The van der Waals surface area contributed by atoms with Crippen LogP contribution in [0.25, 0.3) is 11.0 Å². The van der Waals surface area contributed by atoms with Crippen molar-refractivity contribution in [3.63, 3.8) is 0 Å². The number of ketones is 1. The molecule has 0 bridgehead atoms. The third kappa shape index (κ3) is 3.60. The molecule has 0 aliphatic carbocycles. The summed E-state index contributed by atoms with van der Waals surface area (Å²) in [6.07, 6.45) is 4.41. The lowest BCUT2D eigenvalue weighted by Crippen LogP contribution is -2.10. The Hall–Kier alpha value is -2.34. The van der Waals surface area contributed by atoms with E-state index >= 15 is 4.39 Å². The SMILES string of the molecule is CCCSCNc1ccc(C)c(C(=O)c2c[nH]c3ncc(C)cc23)c1F. The third-order valence-electron chi connectivity index (χ3n) is 4.20. The number of rotatable bonds is 7. The van der Waals surface area contributed by atoms with E-state index in [2.05, 4.69) is 22.2 Å². The van der Waals surface area contributed by atoms with E-state index in [9.17, 15) is 4.79 Å². The van der Waals surface area contributed by atoms with Crippen LogP contribution in [-0.2, 0) is 0 Å². The first-order valence-corrected chi connectivity index (χ1v) is 9.77. The molecule has 0 saturated heterocycles. The fourth-order valence-electron chi connectivity index (χ4n) is 2.86. The first kappa shape index (κ1) is 18.5. The molecule has 3 aromatic rings. The van der Waals surface area contributed by atoms with Crippen molar-refractivity contribution >= 4 is 34.3 Å². The van der Waals surface area contributed by atoms with Gasteiger partial charge in [-0.15, -0.1) is 11.8 Å². The Morgan fingerprint density at radius 3 is 2.92 bits per heavy atom. The minimum atomic E-state index is -0.498. The normalized spacial score (nSPS) is 11.1. The topological polar surface area (TPSA) is 57.8 Å². The summed E-state index contributed by atoms with van der Waals surface area (Å²) in [7, 11) is 0. The van der Waals surface area contributed by atoms with Gasteiger partial charge in [0, 0.05) is 23.3 Å². The van der Waals surface area contributed by atoms with E-state index in [1.165, 1.54) is 0 Å². The molecule has 2 heterocycles. The summed E-state index contributed by atoms with van der Waals surface area (Å²) in [5.74, 6) is 0.789. The Labute approximate surface area is 156 Å². The van der Waals surface area contributed by atoms with Gasteiger partial charge < -0.3 is 10.3 Å². The van der Waals surface area contributed by atoms with Crippen molar-refractivity contribution in [2.75, 3.05) is 16.9 Å². The number of carbonyl (C=O) groups excluding carboxylic acids is 1. The van der Waals surface area contributed by atoms with E-state index in [1.807, 2.05) is 13.0 Å². The van der Waals surface area contributed by atoms with Gasteiger partial charge in [0.25, 0.3) is 0 Å². The number of nitrogens with zero attached hydrogens (tertiary/aromatic N) is 1. The maximum atomic E-state index is 15.0. The first-order chi connectivity index (χ1) is 12.5. The quantitative estimate of drug-likeness (QED) is 0.346. The zero-order valence-corrected chi connectivity index (χ0v) is 16.0. The number of thioether (sulfide) groups is 1. The Balaban J connectivity index is 1.96.